The summed E-state index contributed by atoms with van der Waals surface area (Å²) in [7, 11) is 0. The van der Waals surface area contributed by atoms with E-state index in [1.54, 1.807) is 0 Å². The molecule has 192 valence electrons. The topological polar surface area (TPSA) is 9.72 Å². The fourth-order valence-electron chi connectivity index (χ4n) is 7.65. The van der Waals surface area contributed by atoms with Crippen LogP contribution in [-0.2, 0) is 0 Å². The van der Waals surface area contributed by atoms with Crippen LogP contribution in [0.3, 0.4) is 0 Å². The Balaban J connectivity index is 1.18. The van der Waals surface area contributed by atoms with Gasteiger partial charge in [0.25, 0.3) is 0 Å². The quantitative estimate of drug-likeness (QED) is 0.294. The third kappa shape index (κ3) is 9.80. The van der Waals surface area contributed by atoms with E-state index in [0.717, 1.165) is 17.8 Å². The van der Waals surface area contributed by atoms with Gasteiger partial charge < -0.3 is 0 Å². The van der Waals surface area contributed by atoms with Crippen molar-refractivity contribution in [3.05, 3.63) is 0 Å². The highest BCUT2D eigenvalue weighted by molar-refractivity contribution is 4.74. The fraction of sp³-hybridized carbons (Fsp3) is 1.00. The van der Waals surface area contributed by atoms with Crippen molar-refractivity contribution in [1.29, 1.82) is 0 Å². The van der Waals surface area contributed by atoms with E-state index in [0.29, 0.717) is 0 Å². The third-order valence-corrected chi connectivity index (χ3v) is 9.63. The van der Waals surface area contributed by atoms with Gasteiger partial charge in [-0.2, -0.15) is 0 Å². The monoisotopic (exact) mass is 459 g/mol. The van der Waals surface area contributed by atoms with Gasteiger partial charge in [-0.05, 0) is 56.3 Å². The summed E-state index contributed by atoms with van der Waals surface area (Å²) in [4.78, 5) is 8.40. The number of rotatable bonds is 12. The van der Waals surface area contributed by atoms with Crippen molar-refractivity contribution >= 4 is 0 Å². The smallest absolute Gasteiger partial charge is 0.0529 e. The standard InChI is InChI=1S/C30H57N3/c1-4-13-28(14-5-1)19-10-22-31-25-32(23-11-20-29-15-6-2-7-16-29)27-33(26-31)24-12-21-30-17-8-3-9-18-30/h28-30H,1-27H2. The van der Waals surface area contributed by atoms with Crippen LogP contribution in [0.5, 0.6) is 0 Å². The molecule has 0 unspecified atom stereocenters. The van der Waals surface area contributed by atoms with Crippen LogP contribution >= 0.6 is 0 Å². The van der Waals surface area contributed by atoms with Gasteiger partial charge in [-0.25, -0.2) is 0 Å². The zero-order valence-corrected chi connectivity index (χ0v) is 22.2. The number of nitrogens with zero attached hydrogens (tertiary/aromatic N) is 3. The minimum atomic E-state index is 1.04. The third-order valence-electron chi connectivity index (χ3n) is 9.63. The molecule has 1 saturated heterocycles. The molecule has 0 atom stereocenters. The van der Waals surface area contributed by atoms with Gasteiger partial charge in [0, 0.05) is 19.6 Å². The maximum atomic E-state index is 2.80. The predicted octanol–water partition coefficient (Wildman–Crippen LogP) is 7.86. The Kier molecular flexibility index (Phi) is 11.9. The normalized spacial score (nSPS) is 26.2. The Morgan fingerprint density at radius 1 is 0.364 bits per heavy atom. The maximum absolute atomic E-state index is 2.80. The second-order valence-electron chi connectivity index (χ2n) is 12.5. The highest BCUT2D eigenvalue weighted by Gasteiger charge is 2.24. The molecule has 0 spiro atoms. The molecule has 33 heavy (non-hydrogen) atoms. The molecule has 3 aliphatic carbocycles. The van der Waals surface area contributed by atoms with Crippen molar-refractivity contribution in [2.75, 3.05) is 39.6 Å². The molecule has 0 radical (unpaired) electrons. The van der Waals surface area contributed by atoms with Crippen LogP contribution in [0, 0.1) is 17.8 Å². The molecule has 4 aliphatic rings. The summed E-state index contributed by atoms with van der Waals surface area (Å²) in [6.07, 6.45) is 31.3. The van der Waals surface area contributed by atoms with Gasteiger partial charge in [0.15, 0.2) is 0 Å². The maximum Gasteiger partial charge on any atom is 0.0529 e. The molecule has 1 heterocycles. The molecule has 3 heteroatoms. The summed E-state index contributed by atoms with van der Waals surface area (Å²) in [5, 5.41) is 0. The van der Waals surface area contributed by atoms with Crippen molar-refractivity contribution in [2.24, 2.45) is 17.8 Å². The van der Waals surface area contributed by atoms with Crippen LogP contribution in [0.1, 0.15) is 135 Å². The van der Waals surface area contributed by atoms with Gasteiger partial charge in [0.05, 0.1) is 20.0 Å². The molecular weight excluding hydrogens is 402 g/mol. The summed E-state index contributed by atoms with van der Waals surface area (Å²) in [5.74, 6) is 3.13. The molecular formula is C30H57N3. The molecule has 0 bridgehead atoms. The van der Waals surface area contributed by atoms with Crippen LogP contribution < -0.4 is 0 Å². The van der Waals surface area contributed by atoms with Crippen LogP contribution in [0.15, 0.2) is 0 Å². The molecule has 4 rings (SSSR count). The number of hydrogen-bond donors (Lipinski definition) is 0. The SMILES string of the molecule is C1CCC(CCCN2CN(CCCC3CCCCC3)CN(CCCC3CCCCC3)C2)CC1. The molecule has 0 aromatic carbocycles. The van der Waals surface area contributed by atoms with E-state index < -0.39 is 0 Å². The van der Waals surface area contributed by atoms with Crippen LogP contribution in [-0.4, -0.2) is 54.3 Å². The molecule has 1 aliphatic heterocycles. The van der Waals surface area contributed by atoms with Gasteiger partial charge in [-0.3, -0.25) is 14.7 Å². The lowest BCUT2D eigenvalue weighted by molar-refractivity contribution is -0.0326. The lowest BCUT2D eigenvalue weighted by Gasteiger charge is -2.43. The average molecular weight is 460 g/mol. The first kappa shape index (κ1) is 26.0. The highest BCUT2D eigenvalue weighted by Crippen LogP contribution is 2.29. The number of hydrogen-bond acceptors (Lipinski definition) is 3. The lowest BCUT2D eigenvalue weighted by Crippen LogP contribution is -2.55. The average Bonchev–Trinajstić information content (AvgIpc) is 2.86. The minimum Gasteiger partial charge on any atom is -0.277 e. The first-order chi connectivity index (χ1) is 16.3. The van der Waals surface area contributed by atoms with Crippen molar-refractivity contribution < 1.29 is 0 Å². The van der Waals surface area contributed by atoms with E-state index in [1.165, 1.54) is 174 Å². The molecule has 3 saturated carbocycles. The van der Waals surface area contributed by atoms with Gasteiger partial charge in [0.2, 0.25) is 0 Å². The van der Waals surface area contributed by atoms with Crippen LogP contribution in [0.2, 0.25) is 0 Å². The van der Waals surface area contributed by atoms with Gasteiger partial charge in [-0.15, -0.1) is 0 Å². The predicted molar refractivity (Wildman–Crippen MR) is 142 cm³/mol. The van der Waals surface area contributed by atoms with Gasteiger partial charge >= 0.3 is 0 Å². The summed E-state index contributed by atoms with van der Waals surface area (Å²) >= 11 is 0. The Morgan fingerprint density at radius 3 is 0.909 bits per heavy atom. The second kappa shape index (κ2) is 15.1. The van der Waals surface area contributed by atoms with E-state index in [2.05, 4.69) is 14.7 Å². The zero-order chi connectivity index (χ0) is 22.6. The van der Waals surface area contributed by atoms with Crippen molar-refractivity contribution in [2.45, 2.75) is 135 Å². The van der Waals surface area contributed by atoms with Crippen LogP contribution in [0.25, 0.3) is 0 Å². The van der Waals surface area contributed by atoms with E-state index in [4.69, 9.17) is 0 Å². The summed E-state index contributed by atoms with van der Waals surface area (Å²) in [6.45, 7) is 7.68. The molecule has 3 nitrogen and oxygen atoms in total. The fourth-order valence-corrected chi connectivity index (χ4v) is 7.65. The van der Waals surface area contributed by atoms with Crippen LogP contribution in [0.4, 0.5) is 0 Å². The van der Waals surface area contributed by atoms with E-state index >= 15 is 0 Å². The molecule has 0 amide bonds. The Hall–Kier alpha value is -0.120. The first-order valence-corrected chi connectivity index (χ1v) is 15.5. The molecule has 0 aromatic rings. The minimum absolute atomic E-state index is 1.04. The summed E-state index contributed by atoms with van der Waals surface area (Å²) in [6, 6.07) is 0. The van der Waals surface area contributed by atoms with Crippen molar-refractivity contribution in [3.63, 3.8) is 0 Å². The Labute approximate surface area is 207 Å². The van der Waals surface area contributed by atoms with E-state index in [-0.39, 0.29) is 0 Å². The van der Waals surface area contributed by atoms with Crippen molar-refractivity contribution in [3.8, 4) is 0 Å². The lowest BCUT2D eigenvalue weighted by atomic mass is 9.86. The van der Waals surface area contributed by atoms with E-state index in [1.807, 2.05) is 0 Å². The molecule has 0 aromatic heterocycles. The van der Waals surface area contributed by atoms with E-state index in [9.17, 15) is 0 Å². The largest absolute Gasteiger partial charge is 0.277 e. The summed E-state index contributed by atoms with van der Waals surface area (Å²) in [5.41, 5.74) is 0. The van der Waals surface area contributed by atoms with Gasteiger partial charge in [-0.1, -0.05) is 96.3 Å². The first-order valence-electron chi connectivity index (χ1n) is 15.5. The Bertz CT molecular complexity index is 413. The molecule has 0 N–H and O–H groups in total. The Morgan fingerprint density at radius 2 is 0.636 bits per heavy atom. The summed E-state index contributed by atoms with van der Waals surface area (Å²) < 4.78 is 0. The zero-order valence-electron chi connectivity index (χ0n) is 22.2. The molecule has 4 fully saturated rings. The second-order valence-corrected chi connectivity index (χ2v) is 12.5. The van der Waals surface area contributed by atoms with Crippen molar-refractivity contribution in [1.82, 2.24) is 14.7 Å². The highest BCUT2D eigenvalue weighted by atomic mass is 15.5. The van der Waals surface area contributed by atoms with Gasteiger partial charge in [0.1, 0.15) is 0 Å².